The lowest BCUT2D eigenvalue weighted by Crippen LogP contribution is -2.41. The molecular formula is C28H32F2N4O4. The van der Waals surface area contributed by atoms with Crippen molar-refractivity contribution in [3.05, 3.63) is 71.6 Å². The Balaban J connectivity index is 1.62. The number of nitrogens with zero attached hydrogens (tertiary/aromatic N) is 3. The molecule has 0 atom stereocenters. The summed E-state index contributed by atoms with van der Waals surface area (Å²) in [5, 5.41) is 7.19. The number of hydrogen-bond acceptors (Lipinski definition) is 5. The zero-order chi connectivity index (χ0) is 27.4. The summed E-state index contributed by atoms with van der Waals surface area (Å²) in [6, 6.07) is 10.2. The van der Waals surface area contributed by atoms with Gasteiger partial charge in [0.05, 0.1) is 24.1 Å². The van der Waals surface area contributed by atoms with Gasteiger partial charge in [-0.25, -0.2) is 18.3 Å². The minimum atomic E-state index is -0.793. The summed E-state index contributed by atoms with van der Waals surface area (Å²) in [5.74, 6) is -1.44. The van der Waals surface area contributed by atoms with Gasteiger partial charge in [0.15, 0.2) is 5.82 Å². The van der Waals surface area contributed by atoms with E-state index in [-0.39, 0.29) is 17.2 Å². The Hall–Kier alpha value is -3.95. The molecule has 3 aromatic rings. The number of benzene rings is 2. The Bertz CT molecular complexity index is 1290. The van der Waals surface area contributed by atoms with E-state index in [1.165, 1.54) is 16.9 Å². The zero-order valence-electron chi connectivity index (χ0n) is 22.0. The Morgan fingerprint density at radius 3 is 2.37 bits per heavy atom. The van der Waals surface area contributed by atoms with Crippen LogP contribution in [0.3, 0.4) is 0 Å². The van der Waals surface area contributed by atoms with Gasteiger partial charge in [-0.05, 0) is 76.9 Å². The van der Waals surface area contributed by atoms with Gasteiger partial charge in [-0.15, -0.1) is 0 Å². The van der Waals surface area contributed by atoms with Gasteiger partial charge >= 0.3 is 6.09 Å². The van der Waals surface area contributed by atoms with Gasteiger partial charge in [0, 0.05) is 30.8 Å². The number of aromatic nitrogens is 2. The molecule has 1 aliphatic heterocycles. The van der Waals surface area contributed by atoms with Gasteiger partial charge in [0.2, 0.25) is 0 Å². The second-order valence-electron chi connectivity index (χ2n) is 10.1. The number of halogens is 2. The second kappa shape index (κ2) is 11.2. The van der Waals surface area contributed by atoms with E-state index in [0.29, 0.717) is 49.7 Å². The number of carbonyl (C=O) groups excluding carboxylic acids is 2. The van der Waals surface area contributed by atoms with Crippen LogP contribution in [-0.2, 0) is 4.74 Å². The maximum absolute atomic E-state index is 14.8. The number of ether oxygens (including phenoxy) is 2. The number of piperidine rings is 1. The average Bonchev–Trinajstić information content (AvgIpc) is 3.29. The van der Waals surface area contributed by atoms with Crippen LogP contribution in [0, 0.1) is 11.6 Å². The number of amides is 2. The quantitative estimate of drug-likeness (QED) is 0.431. The molecule has 1 saturated heterocycles. The fourth-order valence-corrected chi connectivity index (χ4v) is 4.43. The largest absolute Gasteiger partial charge is 0.494 e. The fraction of sp³-hybridized carbons (Fsp3) is 0.393. The highest BCUT2D eigenvalue weighted by atomic mass is 19.1. The van der Waals surface area contributed by atoms with Gasteiger partial charge in [0.1, 0.15) is 22.9 Å². The van der Waals surface area contributed by atoms with Crippen molar-refractivity contribution in [2.24, 2.45) is 0 Å². The van der Waals surface area contributed by atoms with Crippen molar-refractivity contribution < 1.29 is 27.8 Å². The van der Waals surface area contributed by atoms with Gasteiger partial charge in [0.25, 0.3) is 5.91 Å². The molecule has 0 unspecified atom stereocenters. The van der Waals surface area contributed by atoms with E-state index in [1.54, 1.807) is 29.2 Å². The average molecular weight is 527 g/mol. The van der Waals surface area contributed by atoms with E-state index in [9.17, 15) is 18.4 Å². The molecule has 0 aliphatic carbocycles. The van der Waals surface area contributed by atoms with Crippen molar-refractivity contribution >= 4 is 17.7 Å². The number of likely N-dealkylation sites (tertiary alicyclic amines) is 1. The van der Waals surface area contributed by atoms with Crippen molar-refractivity contribution in [2.45, 2.75) is 52.1 Å². The molecule has 202 valence electrons. The van der Waals surface area contributed by atoms with Gasteiger partial charge in [-0.2, -0.15) is 5.10 Å². The molecule has 1 fully saturated rings. The zero-order valence-corrected chi connectivity index (χ0v) is 22.0. The second-order valence-corrected chi connectivity index (χ2v) is 10.1. The molecule has 8 nitrogen and oxygen atoms in total. The molecule has 0 bridgehead atoms. The van der Waals surface area contributed by atoms with Crippen LogP contribution in [0.5, 0.6) is 5.75 Å². The molecule has 2 amide bonds. The van der Waals surface area contributed by atoms with E-state index >= 15 is 0 Å². The summed E-state index contributed by atoms with van der Waals surface area (Å²) < 4.78 is 40.7. The lowest BCUT2D eigenvalue weighted by Gasteiger charge is -2.34. The first kappa shape index (κ1) is 27.1. The molecule has 2 heterocycles. The van der Waals surface area contributed by atoms with Crippen LogP contribution < -0.4 is 10.1 Å². The molecule has 10 heteroatoms. The first-order valence-corrected chi connectivity index (χ1v) is 12.6. The smallest absolute Gasteiger partial charge is 0.410 e. The molecule has 0 saturated carbocycles. The number of rotatable bonds is 6. The molecule has 1 aliphatic rings. The monoisotopic (exact) mass is 526 g/mol. The van der Waals surface area contributed by atoms with Crippen LogP contribution in [0.1, 0.15) is 62.5 Å². The Morgan fingerprint density at radius 1 is 1.08 bits per heavy atom. The normalized spacial score (nSPS) is 14.3. The third kappa shape index (κ3) is 6.30. The van der Waals surface area contributed by atoms with E-state index in [0.717, 1.165) is 12.1 Å². The van der Waals surface area contributed by atoms with Gasteiger partial charge in [-0.1, -0.05) is 0 Å². The lowest BCUT2D eigenvalue weighted by atomic mass is 9.90. The standard InChI is InChI=1S/C28H32F2N4O4/c1-5-37-21-9-7-20(8-10-21)32-26(35)22-17-31-34(24-11-6-19(29)16-23(24)30)25(22)18-12-14-33(15-13-18)27(36)38-28(2,3)4/h6-11,16-18H,5,12-15H2,1-4H3,(H,32,35). The Kier molecular flexibility index (Phi) is 7.99. The summed E-state index contributed by atoms with van der Waals surface area (Å²) in [6.45, 7) is 8.64. The van der Waals surface area contributed by atoms with Crippen LogP contribution in [0.15, 0.2) is 48.7 Å². The highest BCUT2D eigenvalue weighted by molar-refractivity contribution is 6.05. The van der Waals surface area contributed by atoms with Crippen molar-refractivity contribution in [3.63, 3.8) is 0 Å². The van der Waals surface area contributed by atoms with Gasteiger partial charge in [-0.3, -0.25) is 4.79 Å². The van der Waals surface area contributed by atoms with Crippen LogP contribution in [-0.4, -0.2) is 52.0 Å². The van der Waals surface area contributed by atoms with E-state index in [1.807, 2.05) is 27.7 Å². The molecule has 2 aromatic carbocycles. The first-order valence-electron chi connectivity index (χ1n) is 12.6. The number of carbonyl (C=O) groups is 2. The predicted molar refractivity (Wildman–Crippen MR) is 139 cm³/mol. The molecule has 38 heavy (non-hydrogen) atoms. The van der Waals surface area contributed by atoms with E-state index in [4.69, 9.17) is 9.47 Å². The molecule has 1 aromatic heterocycles. The Labute approximate surface area is 220 Å². The van der Waals surface area contributed by atoms with Crippen LogP contribution in [0.25, 0.3) is 5.69 Å². The van der Waals surface area contributed by atoms with Crippen LogP contribution in [0.4, 0.5) is 19.3 Å². The third-order valence-electron chi connectivity index (χ3n) is 6.15. The topological polar surface area (TPSA) is 85.7 Å². The van der Waals surface area contributed by atoms with E-state index < -0.39 is 29.2 Å². The van der Waals surface area contributed by atoms with Crippen molar-refractivity contribution in [2.75, 3.05) is 25.0 Å². The van der Waals surface area contributed by atoms with Gasteiger partial charge < -0.3 is 19.7 Å². The van der Waals surface area contributed by atoms with E-state index in [2.05, 4.69) is 10.4 Å². The SMILES string of the molecule is CCOc1ccc(NC(=O)c2cnn(-c3ccc(F)cc3F)c2C2CCN(C(=O)OC(C)(C)C)CC2)cc1. The number of nitrogens with one attached hydrogen (secondary N) is 1. The van der Waals surface area contributed by atoms with Crippen molar-refractivity contribution in [1.82, 2.24) is 14.7 Å². The molecule has 4 rings (SSSR count). The summed E-state index contributed by atoms with van der Waals surface area (Å²) in [7, 11) is 0. The molecule has 0 radical (unpaired) electrons. The summed E-state index contributed by atoms with van der Waals surface area (Å²) >= 11 is 0. The third-order valence-corrected chi connectivity index (χ3v) is 6.15. The molecule has 0 spiro atoms. The maximum Gasteiger partial charge on any atom is 0.410 e. The predicted octanol–water partition coefficient (Wildman–Crippen LogP) is 5.92. The fourth-order valence-electron chi connectivity index (χ4n) is 4.43. The van der Waals surface area contributed by atoms with Crippen molar-refractivity contribution in [3.8, 4) is 11.4 Å². The van der Waals surface area contributed by atoms with Crippen LogP contribution >= 0.6 is 0 Å². The molecular weight excluding hydrogens is 494 g/mol. The minimum Gasteiger partial charge on any atom is -0.494 e. The highest BCUT2D eigenvalue weighted by Gasteiger charge is 2.32. The minimum absolute atomic E-state index is 0.0380. The lowest BCUT2D eigenvalue weighted by molar-refractivity contribution is 0.0203. The highest BCUT2D eigenvalue weighted by Crippen LogP contribution is 2.34. The Morgan fingerprint density at radius 2 is 1.76 bits per heavy atom. The summed E-state index contributed by atoms with van der Waals surface area (Å²) in [6.07, 6.45) is 2.01. The summed E-state index contributed by atoms with van der Waals surface area (Å²) in [4.78, 5) is 27.5. The van der Waals surface area contributed by atoms with Crippen LogP contribution in [0.2, 0.25) is 0 Å². The summed E-state index contributed by atoms with van der Waals surface area (Å²) in [5.41, 5.74) is 0.765. The van der Waals surface area contributed by atoms with Crippen molar-refractivity contribution in [1.29, 1.82) is 0 Å². The molecule has 1 N–H and O–H groups in total. The number of hydrogen-bond donors (Lipinski definition) is 1. The maximum atomic E-state index is 14.8. The first-order chi connectivity index (χ1) is 18.1. The number of anilines is 1.